The number of hydrogen-bond donors (Lipinski definition) is 1. The van der Waals surface area contributed by atoms with Crippen molar-refractivity contribution in [2.75, 3.05) is 43.0 Å². The van der Waals surface area contributed by atoms with Gasteiger partial charge in [-0.1, -0.05) is 18.2 Å². The number of anilines is 2. The Hall–Kier alpha value is -3.10. The molecule has 9 heteroatoms. The highest BCUT2D eigenvalue weighted by Crippen LogP contribution is 2.15. The van der Waals surface area contributed by atoms with Crippen LogP contribution in [-0.2, 0) is 16.1 Å². The molecule has 1 fully saturated rings. The number of carbonyl (C=O) groups excluding carboxylic acids is 2. The van der Waals surface area contributed by atoms with Crippen molar-refractivity contribution in [3.63, 3.8) is 0 Å². The van der Waals surface area contributed by atoms with E-state index in [-0.39, 0.29) is 24.9 Å². The molecule has 0 spiro atoms. The molecule has 1 aliphatic rings. The van der Waals surface area contributed by atoms with Gasteiger partial charge < -0.3 is 14.5 Å². The molecule has 1 aromatic carbocycles. The Morgan fingerprint density at radius 2 is 1.88 bits per heavy atom. The van der Waals surface area contributed by atoms with E-state index in [1.807, 2.05) is 18.2 Å². The van der Waals surface area contributed by atoms with Crippen molar-refractivity contribution in [3.8, 4) is 0 Å². The molecular formula is C17H22N6O3. The number of hydrogen-bond acceptors (Lipinski definition) is 6. The van der Waals surface area contributed by atoms with Gasteiger partial charge in [0.25, 0.3) is 0 Å². The first-order chi connectivity index (χ1) is 12.7. The van der Waals surface area contributed by atoms with Crippen LogP contribution in [-0.4, -0.2) is 64.7 Å². The van der Waals surface area contributed by atoms with Crippen LogP contribution in [0.1, 0.15) is 6.92 Å². The summed E-state index contributed by atoms with van der Waals surface area (Å²) in [5.74, 6) is 0.209. The van der Waals surface area contributed by atoms with Crippen molar-refractivity contribution in [1.82, 2.24) is 19.9 Å². The quantitative estimate of drug-likeness (QED) is 0.863. The lowest BCUT2D eigenvalue weighted by atomic mass is 10.2. The summed E-state index contributed by atoms with van der Waals surface area (Å²) in [5.41, 5.74) is 1.17. The third-order valence-corrected chi connectivity index (χ3v) is 4.07. The molecule has 1 N–H and O–H groups in total. The fourth-order valence-corrected chi connectivity index (χ4v) is 2.78. The molecule has 0 saturated carbocycles. The van der Waals surface area contributed by atoms with E-state index in [0.29, 0.717) is 13.1 Å². The molecule has 26 heavy (non-hydrogen) atoms. The summed E-state index contributed by atoms with van der Waals surface area (Å²) in [6, 6.07) is 10.2. The Bertz CT molecular complexity index is 740. The second-order valence-corrected chi connectivity index (χ2v) is 5.81. The molecule has 0 atom stereocenters. The number of nitrogens with zero attached hydrogens (tertiary/aromatic N) is 5. The normalized spacial score (nSPS) is 14.2. The van der Waals surface area contributed by atoms with E-state index in [1.165, 1.54) is 16.7 Å². The smallest absolute Gasteiger partial charge is 0.412 e. The highest BCUT2D eigenvalue weighted by atomic mass is 16.5. The van der Waals surface area contributed by atoms with Crippen molar-refractivity contribution >= 4 is 23.5 Å². The zero-order chi connectivity index (χ0) is 18.4. The van der Waals surface area contributed by atoms with Gasteiger partial charge in [-0.2, -0.15) is 9.90 Å². The van der Waals surface area contributed by atoms with E-state index in [9.17, 15) is 9.59 Å². The maximum Gasteiger partial charge on any atom is 0.412 e. The summed E-state index contributed by atoms with van der Waals surface area (Å²) < 4.78 is 4.77. The summed E-state index contributed by atoms with van der Waals surface area (Å²) in [6.45, 7) is 4.91. The average Bonchev–Trinajstić information content (AvgIpc) is 3.09. The van der Waals surface area contributed by atoms with E-state index in [2.05, 4.69) is 32.5 Å². The first kappa shape index (κ1) is 17.7. The summed E-state index contributed by atoms with van der Waals surface area (Å²) in [6.07, 6.45) is 0.792. The molecule has 138 valence electrons. The Kier molecular flexibility index (Phi) is 5.67. The fourth-order valence-electron chi connectivity index (χ4n) is 2.78. The lowest BCUT2D eigenvalue weighted by Gasteiger charge is -2.36. The molecule has 0 radical (unpaired) electrons. The van der Waals surface area contributed by atoms with Gasteiger partial charge in [-0.3, -0.25) is 10.1 Å². The van der Waals surface area contributed by atoms with Gasteiger partial charge >= 0.3 is 6.09 Å². The molecule has 0 unspecified atom stereocenters. The third kappa shape index (κ3) is 4.50. The van der Waals surface area contributed by atoms with Crippen molar-refractivity contribution in [3.05, 3.63) is 36.5 Å². The van der Waals surface area contributed by atoms with Gasteiger partial charge in [0.1, 0.15) is 6.54 Å². The number of nitrogens with one attached hydrogen (secondary N) is 1. The van der Waals surface area contributed by atoms with Crippen LogP contribution in [0.25, 0.3) is 0 Å². The highest BCUT2D eigenvalue weighted by Gasteiger charge is 2.22. The van der Waals surface area contributed by atoms with Crippen LogP contribution in [0.15, 0.2) is 36.5 Å². The van der Waals surface area contributed by atoms with E-state index >= 15 is 0 Å². The van der Waals surface area contributed by atoms with Crippen molar-refractivity contribution in [2.45, 2.75) is 13.5 Å². The van der Waals surface area contributed by atoms with Crippen LogP contribution in [0.3, 0.4) is 0 Å². The van der Waals surface area contributed by atoms with Crippen molar-refractivity contribution in [1.29, 1.82) is 0 Å². The van der Waals surface area contributed by atoms with Crippen LogP contribution in [0, 0.1) is 0 Å². The van der Waals surface area contributed by atoms with Gasteiger partial charge in [-0.15, -0.1) is 5.10 Å². The largest absolute Gasteiger partial charge is 0.450 e. The predicted molar refractivity (Wildman–Crippen MR) is 95.9 cm³/mol. The van der Waals surface area contributed by atoms with Crippen molar-refractivity contribution < 1.29 is 14.3 Å². The molecular weight excluding hydrogens is 336 g/mol. The van der Waals surface area contributed by atoms with Gasteiger partial charge in [0, 0.05) is 31.9 Å². The molecule has 1 aromatic heterocycles. The van der Waals surface area contributed by atoms with Crippen LogP contribution in [0.5, 0.6) is 0 Å². The Morgan fingerprint density at radius 1 is 1.15 bits per heavy atom. The van der Waals surface area contributed by atoms with E-state index in [0.717, 1.165) is 13.1 Å². The minimum atomic E-state index is -0.595. The Balaban J connectivity index is 1.49. The molecule has 2 aromatic rings. The number of amides is 2. The summed E-state index contributed by atoms with van der Waals surface area (Å²) in [5, 5.41) is 10.5. The molecule has 0 bridgehead atoms. The second kappa shape index (κ2) is 8.32. The topological polar surface area (TPSA) is 92.6 Å². The molecule has 0 aliphatic carbocycles. The zero-order valence-corrected chi connectivity index (χ0v) is 14.7. The van der Waals surface area contributed by atoms with Crippen LogP contribution in [0.2, 0.25) is 0 Å². The molecule has 2 amide bonds. The fraction of sp³-hybridized carbons (Fsp3) is 0.412. The number of piperazine rings is 1. The van der Waals surface area contributed by atoms with Crippen LogP contribution < -0.4 is 10.2 Å². The standard InChI is InChI=1S/C17H22N6O3/c1-2-26-17(25)19-15-12-18-23(20-15)13-16(24)22-10-8-21(9-11-22)14-6-4-3-5-7-14/h3-7,12H,2,8-11,13H2,1H3,(H,19,20,25). The van der Waals surface area contributed by atoms with Gasteiger partial charge in [0.15, 0.2) is 5.82 Å². The van der Waals surface area contributed by atoms with Crippen molar-refractivity contribution in [2.24, 2.45) is 0 Å². The van der Waals surface area contributed by atoms with Gasteiger partial charge in [0.2, 0.25) is 5.91 Å². The molecule has 9 nitrogen and oxygen atoms in total. The number of para-hydroxylation sites is 1. The average molecular weight is 358 g/mol. The van der Waals surface area contributed by atoms with Crippen LogP contribution in [0.4, 0.5) is 16.3 Å². The highest BCUT2D eigenvalue weighted by molar-refractivity contribution is 5.83. The number of carbonyl (C=O) groups is 2. The lowest BCUT2D eigenvalue weighted by molar-refractivity contribution is -0.132. The maximum absolute atomic E-state index is 12.4. The molecule has 2 heterocycles. The zero-order valence-electron chi connectivity index (χ0n) is 14.7. The summed E-state index contributed by atoms with van der Waals surface area (Å²) in [4.78, 5) is 29.1. The molecule has 1 aliphatic heterocycles. The number of ether oxygens (including phenoxy) is 1. The molecule has 3 rings (SSSR count). The Labute approximate surface area is 151 Å². The minimum absolute atomic E-state index is 0.0375. The van der Waals surface area contributed by atoms with Gasteiger partial charge in [0.05, 0.1) is 12.8 Å². The SMILES string of the molecule is CCOC(=O)Nc1cnn(CC(=O)N2CCN(c3ccccc3)CC2)n1. The summed E-state index contributed by atoms with van der Waals surface area (Å²) >= 11 is 0. The van der Waals surface area contributed by atoms with E-state index in [1.54, 1.807) is 11.8 Å². The summed E-state index contributed by atoms with van der Waals surface area (Å²) in [7, 11) is 0. The van der Waals surface area contributed by atoms with Gasteiger partial charge in [-0.25, -0.2) is 4.79 Å². The number of benzene rings is 1. The molecule has 1 saturated heterocycles. The van der Waals surface area contributed by atoms with Crippen LogP contribution >= 0.6 is 0 Å². The second-order valence-electron chi connectivity index (χ2n) is 5.81. The van der Waals surface area contributed by atoms with E-state index in [4.69, 9.17) is 4.74 Å². The van der Waals surface area contributed by atoms with Gasteiger partial charge in [-0.05, 0) is 19.1 Å². The first-order valence-corrected chi connectivity index (χ1v) is 8.57. The first-order valence-electron chi connectivity index (χ1n) is 8.57. The lowest BCUT2D eigenvalue weighted by Crippen LogP contribution is -2.49. The predicted octanol–water partition coefficient (Wildman–Crippen LogP) is 1.20. The van der Waals surface area contributed by atoms with E-state index < -0.39 is 6.09 Å². The minimum Gasteiger partial charge on any atom is -0.450 e. The monoisotopic (exact) mass is 358 g/mol. The number of aromatic nitrogens is 3. The number of rotatable bonds is 5. The Morgan fingerprint density at radius 3 is 2.58 bits per heavy atom. The maximum atomic E-state index is 12.4. The third-order valence-electron chi connectivity index (χ3n) is 4.07.